The van der Waals surface area contributed by atoms with Crippen LogP contribution in [0.3, 0.4) is 0 Å². The molecule has 150 valence electrons. The number of aromatic nitrogens is 1. The lowest BCUT2D eigenvalue weighted by Gasteiger charge is -2.35. The van der Waals surface area contributed by atoms with Gasteiger partial charge in [-0.2, -0.15) is 0 Å². The second kappa shape index (κ2) is 10.9. The zero-order valence-electron chi connectivity index (χ0n) is 16.7. The molecule has 0 bridgehead atoms. The van der Waals surface area contributed by atoms with Crippen molar-refractivity contribution in [1.82, 2.24) is 15.2 Å². The second-order valence-electron chi connectivity index (χ2n) is 7.09. The van der Waals surface area contributed by atoms with Crippen LogP contribution < -0.4 is 10.2 Å². The summed E-state index contributed by atoms with van der Waals surface area (Å²) in [4.78, 5) is 32.9. The molecule has 2 heterocycles. The lowest BCUT2D eigenvalue weighted by Crippen LogP contribution is -2.49. The molecule has 2 rings (SSSR count). The van der Waals surface area contributed by atoms with Crippen molar-refractivity contribution in [3.8, 4) is 0 Å². The minimum Gasteiger partial charge on any atom is -0.385 e. The number of pyridine rings is 1. The number of ether oxygens (including phenoxy) is 1. The molecule has 1 unspecified atom stereocenters. The molecule has 1 aromatic heterocycles. The molecule has 0 radical (unpaired) electrons. The van der Waals surface area contributed by atoms with Gasteiger partial charge in [-0.25, -0.2) is 4.98 Å². The highest BCUT2D eigenvalue weighted by molar-refractivity contribution is 5.94. The molecule has 1 aliphatic rings. The lowest BCUT2D eigenvalue weighted by molar-refractivity contribution is -0.132. The van der Waals surface area contributed by atoms with E-state index in [4.69, 9.17) is 4.74 Å². The highest BCUT2D eigenvalue weighted by atomic mass is 16.5. The van der Waals surface area contributed by atoms with Crippen molar-refractivity contribution >= 4 is 17.6 Å². The van der Waals surface area contributed by atoms with Crippen LogP contribution in [0.4, 0.5) is 5.82 Å². The van der Waals surface area contributed by atoms with Gasteiger partial charge in [0.25, 0.3) is 5.91 Å². The van der Waals surface area contributed by atoms with E-state index in [1.165, 1.54) is 0 Å². The number of nitrogens with one attached hydrogen (secondary N) is 1. The second-order valence-corrected chi connectivity index (χ2v) is 7.09. The number of piperazine rings is 1. The smallest absolute Gasteiger partial charge is 0.252 e. The van der Waals surface area contributed by atoms with E-state index < -0.39 is 0 Å². The predicted molar refractivity (Wildman–Crippen MR) is 106 cm³/mol. The Morgan fingerprint density at radius 3 is 2.59 bits per heavy atom. The molecular weight excluding hydrogens is 344 g/mol. The van der Waals surface area contributed by atoms with Gasteiger partial charge in [0.2, 0.25) is 5.91 Å². The first-order valence-electron chi connectivity index (χ1n) is 9.81. The van der Waals surface area contributed by atoms with Crippen LogP contribution >= 0.6 is 0 Å². The number of nitrogens with zero attached hydrogens (tertiary/aromatic N) is 3. The number of hydrogen-bond acceptors (Lipinski definition) is 5. The molecule has 0 saturated carbocycles. The fourth-order valence-electron chi connectivity index (χ4n) is 2.98. The van der Waals surface area contributed by atoms with Crippen molar-refractivity contribution in [3.05, 3.63) is 23.9 Å². The van der Waals surface area contributed by atoms with E-state index in [-0.39, 0.29) is 11.8 Å². The van der Waals surface area contributed by atoms with Crippen LogP contribution in [-0.2, 0) is 9.53 Å². The molecule has 1 aliphatic heterocycles. The minimum absolute atomic E-state index is 0.120. The summed E-state index contributed by atoms with van der Waals surface area (Å²) >= 11 is 0. The summed E-state index contributed by atoms with van der Waals surface area (Å²) in [6.07, 6.45) is 4.06. The molecular formula is C20H32N4O3. The Bertz CT molecular complexity index is 598. The Kier molecular flexibility index (Phi) is 8.51. The van der Waals surface area contributed by atoms with Crippen molar-refractivity contribution < 1.29 is 14.3 Å². The van der Waals surface area contributed by atoms with Crippen LogP contribution in [0.1, 0.15) is 43.5 Å². The maximum atomic E-state index is 12.3. The number of methoxy groups -OCH3 is 1. The molecule has 2 amide bonds. The van der Waals surface area contributed by atoms with E-state index in [9.17, 15) is 9.59 Å². The number of carbonyl (C=O) groups is 2. The highest BCUT2D eigenvalue weighted by Gasteiger charge is 2.22. The van der Waals surface area contributed by atoms with E-state index in [1.54, 1.807) is 19.4 Å². The molecule has 0 aliphatic carbocycles. The zero-order chi connectivity index (χ0) is 19.6. The topological polar surface area (TPSA) is 74.8 Å². The van der Waals surface area contributed by atoms with Crippen molar-refractivity contribution in [2.75, 3.05) is 51.3 Å². The Hall–Kier alpha value is -2.15. The minimum atomic E-state index is -0.120. The largest absolute Gasteiger partial charge is 0.385 e. The van der Waals surface area contributed by atoms with Crippen molar-refractivity contribution in [1.29, 1.82) is 0 Å². The van der Waals surface area contributed by atoms with Gasteiger partial charge in [0.05, 0.1) is 5.56 Å². The van der Waals surface area contributed by atoms with Crippen LogP contribution in [0.5, 0.6) is 0 Å². The van der Waals surface area contributed by atoms with Crippen molar-refractivity contribution in [3.63, 3.8) is 0 Å². The highest BCUT2D eigenvalue weighted by Crippen LogP contribution is 2.16. The van der Waals surface area contributed by atoms with E-state index in [0.29, 0.717) is 31.1 Å². The van der Waals surface area contributed by atoms with Gasteiger partial charge in [-0.1, -0.05) is 20.3 Å². The average molecular weight is 377 g/mol. The fraction of sp³-hybridized carbons (Fsp3) is 0.650. The molecule has 7 nitrogen and oxygen atoms in total. The average Bonchev–Trinajstić information content (AvgIpc) is 2.71. The summed E-state index contributed by atoms with van der Waals surface area (Å²) in [6, 6.07) is 3.68. The third-order valence-corrected chi connectivity index (χ3v) is 5.00. The quantitative estimate of drug-likeness (QED) is 0.667. The zero-order valence-corrected chi connectivity index (χ0v) is 16.7. The Morgan fingerprint density at radius 2 is 2.00 bits per heavy atom. The summed E-state index contributed by atoms with van der Waals surface area (Å²) < 4.78 is 4.97. The molecule has 1 fully saturated rings. The van der Waals surface area contributed by atoms with Gasteiger partial charge < -0.3 is 19.9 Å². The molecule has 27 heavy (non-hydrogen) atoms. The molecule has 1 aromatic rings. The Labute approximate surface area is 162 Å². The standard InChI is InChI=1S/C20H32N4O3/c1-4-16(2)14-19(25)24-11-9-23(10-12-24)18-7-6-17(15-22-18)20(26)21-8-5-13-27-3/h6-7,15-16H,4-5,8-14H2,1-3H3,(H,21,26). The van der Waals surface area contributed by atoms with Crippen LogP contribution in [0.2, 0.25) is 0 Å². The first-order chi connectivity index (χ1) is 13.0. The monoisotopic (exact) mass is 376 g/mol. The summed E-state index contributed by atoms with van der Waals surface area (Å²) in [5.41, 5.74) is 0.554. The van der Waals surface area contributed by atoms with Gasteiger partial charge in [-0.3, -0.25) is 9.59 Å². The molecule has 7 heteroatoms. The maximum absolute atomic E-state index is 12.3. The SMILES string of the molecule is CCC(C)CC(=O)N1CCN(c2ccc(C(=O)NCCCOC)cn2)CC1. The first-order valence-corrected chi connectivity index (χ1v) is 9.81. The van der Waals surface area contributed by atoms with Crippen LogP contribution in [-0.4, -0.2) is 68.1 Å². The molecule has 0 spiro atoms. The fourth-order valence-corrected chi connectivity index (χ4v) is 2.98. The normalized spacial score (nSPS) is 15.5. The van der Waals surface area contributed by atoms with Crippen molar-refractivity contribution in [2.45, 2.75) is 33.1 Å². The number of anilines is 1. The van der Waals surface area contributed by atoms with Crippen LogP contribution in [0.25, 0.3) is 0 Å². The molecule has 1 saturated heterocycles. The summed E-state index contributed by atoms with van der Waals surface area (Å²) in [5.74, 6) is 1.41. The maximum Gasteiger partial charge on any atom is 0.252 e. The van der Waals surface area contributed by atoms with Gasteiger partial charge in [-0.15, -0.1) is 0 Å². The van der Waals surface area contributed by atoms with E-state index in [1.807, 2.05) is 11.0 Å². The van der Waals surface area contributed by atoms with Gasteiger partial charge in [0.1, 0.15) is 5.82 Å². The van der Waals surface area contributed by atoms with Gasteiger partial charge in [-0.05, 0) is 24.5 Å². The predicted octanol–water partition coefficient (Wildman–Crippen LogP) is 1.93. The van der Waals surface area contributed by atoms with E-state index in [2.05, 4.69) is 29.0 Å². The summed E-state index contributed by atoms with van der Waals surface area (Å²) in [7, 11) is 1.64. The number of hydrogen-bond donors (Lipinski definition) is 1. The Balaban J connectivity index is 1.81. The van der Waals surface area contributed by atoms with Crippen LogP contribution in [0, 0.1) is 5.92 Å². The molecule has 1 N–H and O–H groups in total. The molecule has 1 atom stereocenters. The van der Waals surface area contributed by atoms with Crippen molar-refractivity contribution in [2.24, 2.45) is 5.92 Å². The molecule has 0 aromatic carbocycles. The van der Waals surface area contributed by atoms with Gasteiger partial charge in [0.15, 0.2) is 0 Å². The number of rotatable bonds is 9. The summed E-state index contributed by atoms with van der Waals surface area (Å²) in [5, 5.41) is 2.85. The summed E-state index contributed by atoms with van der Waals surface area (Å²) in [6.45, 7) is 8.42. The lowest BCUT2D eigenvalue weighted by atomic mass is 10.0. The number of amides is 2. The van der Waals surface area contributed by atoms with Gasteiger partial charge >= 0.3 is 0 Å². The first kappa shape index (κ1) is 21.2. The Morgan fingerprint density at radius 1 is 1.26 bits per heavy atom. The number of carbonyl (C=O) groups excluding carboxylic acids is 2. The third-order valence-electron chi connectivity index (χ3n) is 5.00. The van der Waals surface area contributed by atoms with E-state index >= 15 is 0 Å². The third kappa shape index (κ3) is 6.50. The van der Waals surface area contributed by atoms with Gasteiger partial charge in [0, 0.05) is 59.1 Å². The van der Waals surface area contributed by atoms with Crippen LogP contribution in [0.15, 0.2) is 18.3 Å². The van der Waals surface area contributed by atoms with E-state index in [0.717, 1.165) is 44.8 Å².